The minimum Gasteiger partial charge on any atom is -0.550 e. The number of carboxylic acid groups (broad SMARTS) is 1. The highest BCUT2D eigenvalue weighted by atomic mass is 32.1. The quantitative estimate of drug-likeness (QED) is 0.755. The van der Waals surface area contributed by atoms with Gasteiger partial charge in [-0.1, -0.05) is 18.3 Å². The molecule has 0 aromatic carbocycles. The van der Waals surface area contributed by atoms with Gasteiger partial charge in [0.1, 0.15) is 5.01 Å². The highest BCUT2D eigenvalue weighted by Gasteiger charge is 2.06. The molecule has 1 rings (SSSR count). The highest BCUT2D eigenvalue weighted by molar-refractivity contribution is 7.15. The molecule has 1 heterocycles. The predicted octanol–water partition coefficient (Wildman–Crippen LogP) is -0.0408. The summed E-state index contributed by atoms with van der Waals surface area (Å²) in [5.74, 6) is -1.39. The van der Waals surface area contributed by atoms with Crippen LogP contribution in [0.5, 0.6) is 0 Å². The van der Waals surface area contributed by atoms with Crippen LogP contribution in [0.4, 0.5) is 5.13 Å². The first-order valence-electron chi connectivity index (χ1n) is 4.94. The first kappa shape index (κ1) is 12.6. The largest absolute Gasteiger partial charge is 0.550 e. The minimum absolute atomic E-state index is 0.107. The molecule has 0 radical (unpaired) electrons. The molecule has 1 aromatic heterocycles. The highest BCUT2D eigenvalue weighted by Crippen LogP contribution is 2.15. The SMILES string of the molecule is CCc1nnc(NC(=O)CCCC(=O)[O-])s1. The summed E-state index contributed by atoms with van der Waals surface area (Å²) in [6, 6.07) is 0. The number of anilines is 1. The number of aromatic nitrogens is 2. The van der Waals surface area contributed by atoms with Crippen molar-refractivity contribution >= 4 is 28.3 Å². The van der Waals surface area contributed by atoms with E-state index in [-0.39, 0.29) is 25.2 Å². The average molecular weight is 242 g/mol. The van der Waals surface area contributed by atoms with E-state index >= 15 is 0 Å². The molecule has 1 amide bonds. The van der Waals surface area contributed by atoms with Crippen LogP contribution in [0.3, 0.4) is 0 Å². The first-order chi connectivity index (χ1) is 7.61. The van der Waals surface area contributed by atoms with Gasteiger partial charge in [-0.25, -0.2) is 0 Å². The lowest BCUT2D eigenvalue weighted by atomic mass is 10.2. The van der Waals surface area contributed by atoms with Gasteiger partial charge in [0, 0.05) is 12.4 Å². The monoisotopic (exact) mass is 242 g/mol. The molecule has 88 valence electrons. The molecule has 0 bridgehead atoms. The van der Waals surface area contributed by atoms with Crippen LogP contribution in [-0.4, -0.2) is 22.1 Å². The van der Waals surface area contributed by atoms with Crippen LogP contribution in [0.15, 0.2) is 0 Å². The van der Waals surface area contributed by atoms with Gasteiger partial charge >= 0.3 is 0 Å². The van der Waals surface area contributed by atoms with Gasteiger partial charge in [0.2, 0.25) is 11.0 Å². The second kappa shape index (κ2) is 6.16. The van der Waals surface area contributed by atoms with Gasteiger partial charge in [-0.3, -0.25) is 4.79 Å². The van der Waals surface area contributed by atoms with Crippen molar-refractivity contribution in [3.8, 4) is 0 Å². The Kier molecular flexibility index (Phi) is 4.84. The van der Waals surface area contributed by atoms with Crippen LogP contribution >= 0.6 is 11.3 Å². The van der Waals surface area contributed by atoms with Crippen LogP contribution in [-0.2, 0) is 16.0 Å². The Morgan fingerprint density at radius 2 is 2.12 bits per heavy atom. The molecule has 0 fully saturated rings. The normalized spacial score (nSPS) is 10.1. The number of aryl methyl sites for hydroxylation is 1. The number of amides is 1. The summed E-state index contributed by atoms with van der Waals surface area (Å²) < 4.78 is 0. The standard InChI is InChI=1S/C9H13N3O3S/c1-2-7-11-12-9(16-7)10-6(13)4-3-5-8(14)15/h2-5H2,1H3,(H,14,15)(H,10,12,13)/p-1. The van der Waals surface area contributed by atoms with Crippen molar-refractivity contribution in [3.63, 3.8) is 0 Å². The van der Waals surface area contributed by atoms with Gasteiger partial charge < -0.3 is 15.2 Å². The van der Waals surface area contributed by atoms with Crippen LogP contribution in [0.25, 0.3) is 0 Å². The van der Waals surface area contributed by atoms with Crippen LogP contribution in [0.1, 0.15) is 31.2 Å². The molecule has 0 unspecified atom stereocenters. The summed E-state index contributed by atoms with van der Waals surface area (Å²) in [6.45, 7) is 1.95. The molecule has 0 saturated carbocycles. The molecule has 0 saturated heterocycles. The maximum Gasteiger partial charge on any atom is 0.226 e. The molecule has 1 N–H and O–H groups in total. The topological polar surface area (TPSA) is 95.0 Å². The molecule has 0 aliphatic heterocycles. The third-order valence-corrected chi connectivity index (χ3v) is 2.78. The average Bonchev–Trinajstić information content (AvgIpc) is 2.65. The van der Waals surface area contributed by atoms with Gasteiger partial charge in [0.25, 0.3) is 0 Å². The van der Waals surface area contributed by atoms with E-state index in [4.69, 9.17) is 0 Å². The van der Waals surface area contributed by atoms with Gasteiger partial charge in [0.15, 0.2) is 0 Å². The number of carboxylic acids is 1. The molecule has 7 heteroatoms. The fourth-order valence-electron chi connectivity index (χ4n) is 1.02. The van der Waals surface area contributed by atoms with Crippen molar-refractivity contribution in [1.29, 1.82) is 0 Å². The van der Waals surface area contributed by atoms with Crippen LogP contribution < -0.4 is 10.4 Å². The molecular formula is C9H12N3O3S-. The van der Waals surface area contributed by atoms with Crippen LogP contribution in [0, 0.1) is 0 Å². The third kappa shape index (κ3) is 4.35. The Morgan fingerprint density at radius 1 is 1.38 bits per heavy atom. The fraction of sp³-hybridized carbons (Fsp3) is 0.556. The lowest BCUT2D eigenvalue weighted by Gasteiger charge is -2.01. The van der Waals surface area contributed by atoms with Crippen molar-refractivity contribution < 1.29 is 14.7 Å². The number of carbonyl (C=O) groups excluding carboxylic acids is 2. The summed E-state index contributed by atoms with van der Waals surface area (Å²) in [4.78, 5) is 21.4. The Morgan fingerprint density at radius 3 is 2.69 bits per heavy atom. The smallest absolute Gasteiger partial charge is 0.226 e. The Balaban J connectivity index is 2.31. The van der Waals surface area contributed by atoms with E-state index in [1.165, 1.54) is 11.3 Å². The van der Waals surface area contributed by atoms with Crippen molar-refractivity contribution in [1.82, 2.24) is 10.2 Å². The van der Waals surface area contributed by atoms with E-state index in [1.807, 2.05) is 6.92 Å². The summed E-state index contributed by atoms with van der Waals surface area (Å²) in [7, 11) is 0. The molecular weight excluding hydrogens is 230 g/mol. The molecule has 0 aliphatic carbocycles. The predicted molar refractivity (Wildman–Crippen MR) is 56.8 cm³/mol. The molecule has 0 spiro atoms. The number of nitrogens with one attached hydrogen (secondary N) is 1. The van der Waals surface area contributed by atoms with Crippen molar-refractivity contribution in [3.05, 3.63) is 5.01 Å². The minimum atomic E-state index is -1.14. The summed E-state index contributed by atoms with van der Waals surface area (Å²) in [6.07, 6.45) is 1.09. The number of rotatable bonds is 6. The molecule has 0 aliphatic rings. The Hall–Kier alpha value is -1.50. The molecule has 6 nitrogen and oxygen atoms in total. The zero-order chi connectivity index (χ0) is 12.0. The second-order valence-electron chi connectivity index (χ2n) is 3.13. The second-order valence-corrected chi connectivity index (χ2v) is 4.19. The van der Waals surface area contributed by atoms with Crippen LogP contribution in [0.2, 0.25) is 0 Å². The number of aliphatic carboxylic acids is 1. The van der Waals surface area contributed by atoms with Gasteiger partial charge in [-0.15, -0.1) is 10.2 Å². The Bertz CT molecular complexity index is 378. The number of hydrogen-bond acceptors (Lipinski definition) is 6. The number of hydrogen-bond donors (Lipinski definition) is 1. The Labute approximate surface area is 96.7 Å². The maximum atomic E-state index is 11.3. The van der Waals surface area contributed by atoms with E-state index in [9.17, 15) is 14.7 Å². The van der Waals surface area contributed by atoms with E-state index in [0.717, 1.165) is 11.4 Å². The zero-order valence-corrected chi connectivity index (χ0v) is 9.67. The van der Waals surface area contributed by atoms with Crippen molar-refractivity contribution in [2.75, 3.05) is 5.32 Å². The lowest BCUT2D eigenvalue weighted by Crippen LogP contribution is -2.22. The number of nitrogens with zero attached hydrogens (tertiary/aromatic N) is 2. The summed E-state index contributed by atoms with van der Waals surface area (Å²) in [5, 5.41) is 21.6. The van der Waals surface area contributed by atoms with E-state index in [0.29, 0.717) is 5.13 Å². The van der Waals surface area contributed by atoms with Gasteiger partial charge in [-0.2, -0.15) is 0 Å². The molecule has 0 atom stereocenters. The fourth-order valence-corrected chi connectivity index (χ4v) is 1.72. The van der Waals surface area contributed by atoms with Gasteiger partial charge in [0.05, 0.1) is 0 Å². The van der Waals surface area contributed by atoms with Crippen molar-refractivity contribution in [2.45, 2.75) is 32.6 Å². The summed E-state index contributed by atoms with van der Waals surface area (Å²) >= 11 is 1.32. The van der Waals surface area contributed by atoms with E-state index in [1.54, 1.807) is 0 Å². The zero-order valence-electron chi connectivity index (χ0n) is 8.86. The third-order valence-electron chi connectivity index (χ3n) is 1.80. The first-order valence-corrected chi connectivity index (χ1v) is 5.75. The van der Waals surface area contributed by atoms with Crippen molar-refractivity contribution in [2.24, 2.45) is 0 Å². The summed E-state index contributed by atoms with van der Waals surface area (Å²) in [5.41, 5.74) is 0. The maximum absolute atomic E-state index is 11.3. The molecule has 1 aromatic rings. The van der Waals surface area contributed by atoms with E-state index in [2.05, 4.69) is 15.5 Å². The molecule has 16 heavy (non-hydrogen) atoms. The van der Waals surface area contributed by atoms with Gasteiger partial charge in [-0.05, 0) is 19.3 Å². The lowest BCUT2D eigenvalue weighted by molar-refractivity contribution is -0.305. The van der Waals surface area contributed by atoms with E-state index < -0.39 is 5.97 Å². The number of carbonyl (C=O) groups is 2.